The summed E-state index contributed by atoms with van der Waals surface area (Å²) in [6, 6.07) is 19.5. The van der Waals surface area contributed by atoms with E-state index in [0.717, 1.165) is 50.4 Å². The van der Waals surface area contributed by atoms with Gasteiger partial charge in [0.05, 0.1) is 6.20 Å². The minimum Gasteiger partial charge on any atom is -0.335 e. The van der Waals surface area contributed by atoms with E-state index in [1.54, 1.807) is 6.20 Å². The molecule has 2 heterocycles. The summed E-state index contributed by atoms with van der Waals surface area (Å²) in [4.78, 5) is 22.2. The number of piperazine rings is 1. The van der Waals surface area contributed by atoms with Crippen LogP contribution >= 0.6 is 0 Å². The van der Waals surface area contributed by atoms with Crippen LogP contribution in [0.4, 0.5) is 0 Å². The number of hydrogen-bond acceptors (Lipinski definition) is 3. The van der Waals surface area contributed by atoms with Crippen LogP contribution in [0.15, 0.2) is 60.8 Å². The molecule has 0 saturated carbocycles. The fraction of sp³-hybridized carbons (Fsp3) is 0.360. The maximum absolute atomic E-state index is 13.2. The number of benzene rings is 2. The molecule has 2 aliphatic rings. The number of rotatable bonds is 3. The van der Waals surface area contributed by atoms with Gasteiger partial charge in [-0.3, -0.25) is 9.69 Å². The predicted molar refractivity (Wildman–Crippen MR) is 118 cm³/mol. The van der Waals surface area contributed by atoms with Gasteiger partial charge in [-0.05, 0) is 30.4 Å². The maximum Gasteiger partial charge on any atom is 0.272 e. The lowest BCUT2D eigenvalue weighted by atomic mass is 9.87. The van der Waals surface area contributed by atoms with Gasteiger partial charge in [-0.25, -0.2) is 4.98 Å². The van der Waals surface area contributed by atoms with Crippen LogP contribution in [0.3, 0.4) is 0 Å². The Kier molecular flexibility index (Phi) is 5.13. The Bertz CT molecular complexity index is 1030. The van der Waals surface area contributed by atoms with Gasteiger partial charge in [-0.15, -0.1) is 0 Å². The third kappa shape index (κ3) is 3.54. The van der Waals surface area contributed by atoms with Gasteiger partial charge in [0.1, 0.15) is 11.5 Å². The summed E-state index contributed by atoms with van der Waals surface area (Å²) < 4.78 is 1.92. The minimum atomic E-state index is 0.0841. The van der Waals surface area contributed by atoms with Crippen molar-refractivity contribution in [3.05, 3.63) is 77.6 Å². The van der Waals surface area contributed by atoms with E-state index in [4.69, 9.17) is 0 Å². The van der Waals surface area contributed by atoms with E-state index in [-0.39, 0.29) is 5.91 Å². The van der Waals surface area contributed by atoms with E-state index in [9.17, 15) is 4.79 Å². The third-order valence-electron chi connectivity index (χ3n) is 6.68. The van der Waals surface area contributed by atoms with E-state index in [1.165, 1.54) is 17.5 Å². The summed E-state index contributed by atoms with van der Waals surface area (Å²) >= 11 is 0. The topological polar surface area (TPSA) is 41.4 Å². The predicted octanol–water partition coefficient (Wildman–Crippen LogP) is 3.40. The van der Waals surface area contributed by atoms with Crippen LogP contribution in [0.25, 0.3) is 11.4 Å². The molecular formula is C25H28N4O. The van der Waals surface area contributed by atoms with Crippen molar-refractivity contribution < 1.29 is 4.79 Å². The normalized spacial score (nSPS) is 19.5. The molecule has 3 aromatic rings. The van der Waals surface area contributed by atoms with Gasteiger partial charge in [0.2, 0.25) is 0 Å². The highest BCUT2D eigenvalue weighted by Crippen LogP contribution is 2.26. The molecule has 1 saturated heterocycles. The first-order valence-corrected chi connectivity index (χ1v) is 10.9. The molecule has 154 valence electrons. The Hall–Kier alpha value is -2.92. The second-order valence-corrected chi connectivity index (χ2v) is 8.39. The summed E-state index contributed by atoms with van der Waals surface area (Å²) in [6.45, 7) is 3.45. The van der Waals surface area contributed by atoms with Gasteiger partial charge in [0.15, 0.2) is 0 Å². The first-order valence-electron chi connectivity index (χ1n) is 10.9. The molecule has 1 amide bonds. The molecule has 30 heavy (non-hydrogen) atoms. The van der Waals surface area contributed by atoms with Crippen LogP contribution in [-0.2, 0) is 19.9 Å². The van der Waals surface area contributed by atoms with Crippen LogP contribution in [0, 0.1) is 0 Å². The SMILES string of the molecule is Cn1c(C(=O)N2CCN(C3CCc4ccccc4C3)CC2)cnc1-c1ccccc1. The molecule has 0 N–H and O–H groups in total. The Labute approximate surface area is 178 Å². The van der Waals surface area contributed by atoms with Gasteiger partial charge in [-0.1, -0.05) is 54.6 Å². The third-order valence-corrected chi connectivity index (χ3v) is 6.68. The maximum atomic E-state index is 13.2. The average molecular weight is 401 g/mol. The monoisotopic (exact) mass is 400 g/mol. The van der Waals surface area contributed by atoms with E-state index in [1.807, 2.05) is 46.8 Å². The summed E-state index contributed by atoms with van der Waals surface area (Å²) in [6.07, 6.45) is 5.23. The van der Waals surface area contributed by atoms with E-state index < -0.39 is 0 Å². The second-order valence-electron chi connectivity index (χ2n) is 8.39. The lowest BCUT2D eigenvalue weighted by Crippen LogP contribution is -2.53. The minimum absolute atomic E-state index is 0.0841. The quantitative estimate of drug-likeness (QED) is 0.677. The Morgan fingerprint density at radius 2 is 1.63 bits per heavy atom. The molecule has 1 aliphatic carbocycles. The molecule has 0 bridgehead atoms. The molecule has 0 spiro atoms. The average Bonchev–Trinajstić information content (AvgIpc) is 3.20. The highest BCUT2D eigenvalue weighted by atomic mass is 16.2. The van der Waals surface area contributed by atoms with E-state index >= 15 is 0 Å². The van der Waals surface area contributed by atoms with Crippen molar-refractivity contribution in [2.45, 2.75) is 25.3 Å². The standard InChI is InChI=1S/C25H28N4O/c1-27-23(18-26-24(27)20-8-3-2-4-9-20)25(30)29-15-13-28(14-16-29)22-12-11-19-7-5-6-10-21(19)17-22/h2-10,18,22H,11-17H2,1H3. The zero-order valence-corrected chi connectivity index (χ0v) is 17.5. The number of fused-ring (bicyclic) bond motifs is 1. The van der Waals surface area contributed by atoms with Crippen LogP contribution in [0.1, 0.15) is 28.0 Å². The number of amides is 1. The molecule has 1 aromatic heterocycles. The van der Waals surface area contributed by atoms with Crippen molar-refractivity contribution in [2.75, 3.05) is 26.2 Å². The molecule has 1 fully saturated rings. The van der Waals surface area contributed by atoms with Crippen molar-refractivity contribution in [3.63, 3.8) is 0 Å². The summed E-state index contributed by atoms with van der Waals surface area (Å²) in [5, 5.41) is 0. The zero-order chi connectivity index (χ0) is 20.5. The fourth-order valence-corrected chi connectivity index (χ4v) is 4.91. The summed E-state index contributed by atoms with van der Waals surface area (Å²) in [7, 11) is 1.93. The molecule has 5 rings (SSSR count). The van der Waals surface area contributed by atoms with Crippen molar-refractivity contribution in [2.24, 2.45) is 7.05 Å². The lowest BCUT2D eigenvalue weighted by molar-refractivity contribution is 0.0544. The van der Waals surface area contributed by atoms with Crippen LogP contribution in [0.5, 0.6) is 0 Å². The van der Waals surface area contributed by atoms with Gasteiger partial charge in [0.25, 0.3) is 5.91 Å². The van der Waals surface area contributed by atoms with E-state index in [0.29, 0.717) is 11.7 Å². The Morgan fingerprint density at radius 3 is 2.40 bits per heavy atom. The zero-order valence-electron chi connectivity index (χ0n) is 17.5. The number of carbonyl (C=O) groups is 1. The van der Waals surface area contributed by atoms with Gasteiger partial charge in [0, 0.05) is 44.8 Å². The smallest absolute Gasteiger partial charge is 0.272 e. The highest BCUT2D eigenvalue weighted by molar-refractivity contribution is 5.93. The first-order chi connectivity index (χ1) is 14.7. The molecule has 2 aromatic carbocycles. The first kappa shape index (κ1) is 19.1. The molecule has 1 atom stereocenters. The number of aryl methyl sites for hydroxylation is 1. The number of aromatic nitrogens is 2. The lowest BCUT2D eigenvalue weighted by Gasteiger charge is -2.41. The van der Waals surface area contributed by atoms with Gasteiger partial charge >= 0.3 is 0 Å². The summed E-state index contributed by atoms with van der Waals surface area (Å²) in [5.74, 6) is 0.916. The van der Waals surface area contributed by atoms with Crippen molar-refractivity contribution >= 4 is 5.91 Å². The fourth-order valence-electron chi connectivity index (χ4n) is 4.91. The number of hydrogen-bond donors (Lipinski definition) is 0. The van der Waals surface area contributed by atoms with Crippen LogP contribution < -0.4 is 0 Å². The molecule has 5 heteroatoms. The summed E-state index contributed by atoms with van der Waals surface area (Å²) in [5.41, 5.74) is 4.69. The van der Waals surface area contributed by atoms with Crippen LogP contribution in [0.2, 0.25) is 0 Å². The van der Waals surface area contributed by atoms with Gasteiger partial charge < -0.3 is 9.47 Å². The molecule has 1 unspecified atom stereocenters. The largest absolute Gasteiger partial charge is 0.335 e. The molecule has 0 radical (unpaired) electrons. The number of carbonyl (C=O) groups excluding carboxylic acids is 1. The van der Waals surface area contributed by atoms with Crippen molar-refractivity contribution in [1.29, 1.82) is 0 Å². The number of nitrogens with zero attached hydrogens (tertiary/aromatic N) is 4. The van der Waals surface area contributed by atoms with Crippen molar-refractivity contribution in [1.82, 2.24) is 19.4 Å². The molecular weight excluding hydrogens is 372 g/mol. The molecule has 5 nitrogen and oxygen atoms in total. The van der Waals surface area contributed by atoms with Gasteiger partial charge in [-0.2, -0.15) is 0 Å². The Morgan fingerprint density at radius 1 is 0.933 bits per heavy atom. The Balaban J connectivity index is 1.23. The highest BCUT2D eigenvalue weighted by Gasteiger charge is 2.30. The number of imidazole rings is 1. The van der Waals surface area contributed by atoms with Crippen LogP contribution in [-0.4, -0.2) is 57.5 Å². The molecule has 1 aliphatic heterocycles. The van der Waals surface area contributed by atoms with Crippen molar-refractivity contribution in [3.8, 4) is 11.4 Å². The van der Waals surface area contributed by atoms with E-state index in [2.05, 4.69) is 34.1 Å². The second kappa shape index (κ2) is 8.07.